The lowest BCUT2D eigenvalue weighted by Gasteiger charge is -2.07. The molecule has 2 heteroatoms. The minimum atomic E-state index is 0.929. The summed E-state index contributed by atoms with van der Waals surface area (Å²) in [6.07, 6.45) is 2.74. The van der Waals surface area contributed by atoms with E-state index in [0.717, 1.165) is 23.5 Å². The Kier molecular flexibility index (Phi) is 2.77. The molecule has 3 aromatic rings. The van der Waals surface area contributed by atoms with Crippen LogP contribution in [0.3, 0.4) is 0 Å². The van der Waals surface area contributed by atoms with Crippen molar-refractivity contribution in [2.45, 2.75) is 13.3 Å². The van der Waals surface area contributed by atoms with Gasteiger partial charge in [-0.15, -0.1) is 0 Å². The molecule has 0 aliphatic heterocycles. The topological polar surface area (TPSA) is 25.8 Å². The van der Waals surface area contributed by atoms with Crippen molar-refractivity contribution < 1.29 is 0 Å². The maximum absolute atomic E-state index is 4.73. The smallest absolute Gasteiger partial charge is 0.0895 e. The summed E-state index contributed by atoms with van der Waals surface area (Å²) in [6, 6.07) is 16.4. The van der Waals surface area contributed by atoms with E-state index >= 15 is 0 Å². The Hall–Kier alpha value is -2.22. The van der Waals surface area contributed by atoms with Gasteiger partial charge in [-0.1, -0.05) is 37.3 Å². The van der Waals surface area contributed by atoms with Crippen LogP contribution in [0.15, 0.2) is 54.7 Å². The zero-order valence-corrected chi connectivity index (χ0v) is 10.3. The lowest BCUT2D eigenvalue weighted by Crippen LogP contribution is -1.94. The van der Waals surface area contributed by atoms with Crippen LogP contribution < -0.4 is 0 Å². The second-order valence-electron chi connectivity index (χ2n) is 4.24. The van der Waals surface area contributed by atoms with Crippen molar-refractivity contribution in [3.63, 3.8) is 0 Å². The number of rotatable bonds is 2. The second kappa shape index (κ2) is 4.57. The van der Waals surface area contributed by atoms with Crippen LogP contribution in [0.5, 0.6) is 0 Å². The van der Waals surface area contributed by atoms with Gasteiger partial charge in [0, 0.05) is 17.3 Å². The Morgan fingerprint density at radius 3 is 2.56 bits per heavy atom. The summed E-state index contributed by atoms with van der Waals surface area (Å²) in [6.45, 7) is 2.14. The number of fused-ring (bicyclic) bond motifs is 1. The zero-order valence-electron chi connectivity index (χ0n) is 10.3. The first-order valence-corrected chi connectivity index (χ1v) is 6.18. The molecule has 0 N–H and O–H groups in total. The number of pyridine rings is 2. The van der Waals surface area contributed by atoms with E-state index in [1.54, 1.807) is 6.20 Å². The molecule has 0 unspecified atom stereocenters. The Morgan fingerprint density at radius 2 is 1.78 bits per heavy atom. The summed E-state index contributed by atoms with van der Waals surface area (Å²) in [5.41, 5.74) is 3.01. The minimum Gasteiger partial charge on any atom is -0.255 e. The molecule has 18 heavy (non-hydrogen) atoms. The first kappa shape index (κ1) is 10.9. The van der Waals surface area contributed by atoms with Crippen LogP contribution in [0.4, 0.5) is 0 Å². The Balaban J connectivity index is 2.26. The van der Waals surface area contributed by atoms with Gasteiger partial charge in [0.25, 0.3) is 0 Å². The highest BCUT2D eigenvalue weighted by molar-refractivity contribution is 5.87. The van der Waals surface area contributed by atoms with E-state index < -0.39 is 0 Å². The third kappa shape index (κ3) is 1.86. The number of aromatic nitrogens is 2. The summed E-state index contributed by atoms with van der Waals surface area (Å²) >= 11 is 0. The van der Waals surface area contributed by atoms with E-state index in [9.17, 15) is 0 Å². The van der Waals surface area contributed by atoms with Crippen molar-refractivity contribution in [3.8, 4) is 11.4 Å². The SMILES string of the molecule is CCc1nc(-c2ccccn2)cc2ccccc12. The maximum Gasteiger partial charge on any atom is 0.0895 e. The molecule has 0 fully saturated rings. The molecule has 0 aliphatic rings. The molecule has 2 heterocycles. The molecule has 0 amide bonds. The van der Waals surface area contributed by atoms with Crippen molar-refractivity contribution in [2.75, 3.05) is 0 Å². The monoisotopic (exact) mass is 234 g/mol. The molecule has 2 nitrogen and oxygen atoms in total. The summed E-state index contributed by atoms with van der Waals surface area (Å²) in [4.78, 5) is 9.10. The highest BCUT2D eigenvalue weighted by atomic mass is 14.8. The van der Waals surface area contributed by atoms with Gasteiger partial charge in [0.05, 0.1) is 11.4 Å². The molecule has 0 saturated carbocycles. The van der Waals surface area contributed by atoms with Gasteiger partial charge in [-0.25, -0.2) is 0 Å². The average Bonchev–Trinajstić information content (AvgIpc) is 2.47. The van der Waals surface area contributed by atoms with Crippen LogP contribution in [0, 0.1) is 0 Å². The van der Waals surface area contributed by atoms with E-state index in [-0.39, 0.29) is 0 Å². The number of benzene rings is 1. The highest BCUT2D eigenvalue weighted by Crippen LogP contribution is 2.23. The molecule has 0 aliphatic carbocycles. The maximum atomic E-state index is 4.73. The number of hydrogen-bond acceptors (Lipinski definition) is 2. The van der Waals surface area contributed by atoms with E-state index in [0.29, 0.717) is 0 Å². The molecule has 0 atom stereocenters. The largest absolute Gasteiger partial charge is 0.255 e. The predicted molar refractivity (Wildman–Crippen MR) is 74.4 cm³/mol. The van der Waals surface area contributed by atoms with Gasteiger partial charge in [-0.3, -0.25) is 9.97 Å². The van der Waals surface area contributed by atoms with Crippen LogP contribution in [0.2, 0.25) is 0 Å². The zero-order chi connectivity index (χ0) is 12.4. The van der Waals surface area contributed by atoms with Crippen molar-refractivity contribution >= 4 is 10.8 Å². The molecule has 3 rings (SSSR count). The molecule has 0 saturated heterocycles. The van der Waals surface area contributed by atoms with Crippen LogP contribution in [0.1, 0.15) is 12.6 Å². The summed E-state index contributed by atoms with van der Waals surface area (Å²) < 4.78 is 0. The Bertz CT molecular complexity index is 675. The molecule has 88 valence electrons. The van der Waals surface area contributed by atoms with Crippen molar-refractivity contribution in [2.24, 2.45) is 0 Å². The second-order valence-corrected chi connectivity index (χ2v) is 4.24. The molecule has 0 spiro atoms. The number of nitrogens with zero attached hydrogens (tertiary/aromatic N) is 2. The van der Waals surface area contributed by atoms with Gasteiger partial charge in [-0.05, 0) is 30.0 Å². The first-order chi connectivity index (χ1) is 8.88. The summed E-state index contributed by atoms with van der Waals surface area (Å²) in [7, 11) is 0. The fourth-order valence-corrected chi connectivity index (χ4v) is 2.19. The van der Waals surface area contributed by atoms with Gasteiger partial charge in [-0.2, -0.15) is 0 Å². The third-order valence-corrected chi connectivity index (χ3v) is 3.08. The van der Waals surface area contributed by atoms with Crippen molar-refractivity contribution in [1.29, 1.82) is 0 Å². The van der Waals surface area contributed by atoms with Crippen LogP contribution in [-0.4, -0.2) is 9.97 Å². The predicted octanol–water partition coefficient (Wildman–Crippen LogP) is 3.86. The van der Waals surface area contributed by atoms with Gasteiger partial charge < -0.3 is 0 Å². The van der Waals surface area contributed by atoms with E-state index in [2.05, 4.69) is 42.2 Å². The molecule has 0 bridgehead atoms. The number of hydrogen-bond donors (Lipinski definition) is 0. The molecule has 2 aromatic heterocycles. The lowest BCUT2D eigenvalue weighted by atomic mass is 10.1. The van der Waals surface area contributed by atoms with Crippen LogP contribution >= 0.6 is 0 Å². The number of aryl methyl sites for hydroxylation is 1. The minimum absolute atomic E-state index is 0.929. The molecular weight excluding hydrogens is 220 g/mol. The molecule has 1 aromatic carbocycles. The summed E-state index contributed by atoms with van der Waals surface area (Å²) in [5, 5.41) is 2.46. The van der Waals surface area contributed by atoms with Crippen LogP contribution in [-0.2, 0) is 6.42 Å². The van der Waals surface area contributed by atoms with Gasteiger partial charge in [0.2, 0.25) is 0 Å². The fraction of sp³-hybridized carbons (Fsp3) is 0.125. The van der Waals surface area contributed by atoms with Gasteiger partial charge in [0.15, 0.2) is 0 Å². The lowest BCUT2D eigenvalue weighted by molar-refractivity contribution is 1.06. The van der Waals surface area contributed by atoms with E-state index in [4.69, 9.17) is 4.98 Å². The Morgan fingerprint density at radius 1 is 0.944 bits per heavy atom. The quantitative estimate of drug-likeness (QED) is 0.673. The van der Waals surface area contributed by atoms with Crippen molar-refractivity contribution in [3.05, 3.63) is 60.4 Å². The van der Waals surface area contributed by atoms with Crippen molar-refractivity contribution in [1.82, 2.24) is 9.97 Å². The molecule has 0 radical (unpaired) electrons. The summed E-state index contributed by atoms with van der Waals surface area (Å²) in [5.74, 6) is 0. The van der Waals surface area contributed by atoms with E-state index in [1.165, 1.54) is 10.8 Å². The third-order valence-electron chi connectivity index (χ3n) is 3.08. The van der Waals surface area contributed by atoms with Gasteiger partial charge in [0.1, 0.15) is 0 Å². The van der Waals surface area contributed by atoms with Gasteiger partial charge >= 0.3 is 0 Å². The van der Waals surface area contributed by atoms with E-state index in [1.807, 2.05) is 18.2 Å². The highest BCUT2D eigenvalue weighted by Gasteiger charge is 2.06. The molecular formula is C16H14N2. The average molecular weight is 234 g/mol. The normalized spacial score (nSPS) is 10.7. The Labute approximate surface area is 106 Å². The van der Waals surface area contributed by atoms with Crippen LogP contribution in [0.25, 0.3) is 22.2 Å². The fourth-order valence-electron chi connectivity index (χ4n) is 2.19. The standard InChI is InChI=1S/C16H14N2/c1-2-14-13-8-4-3-7-12(13)11-16(18-14)15-9-5-6-10-17-15/h3-11H,2H2,1H3. The first-order valence-electron chi connectivity index (χ1n) is 6.18.